The van der Waals surface area contributed by atoms with Crippen LogP contribution in [0.5, 0.6) is 5.75 Å². The number of allylic oxidation sites excluding steroid dienone is 1. The summed E-state index contributed by atoms with van der Waals surface area (Å²) >= 11 is -2.69. The first-order chi connectivity index (χ1) is 8.77. The van der Waals surface area contributed by atoms with Gasteiger partial charge >= 0.3 is 113 Å². The Balaban J connectivity index is 2.09. The number of aromatic hydroxyl groups is 1. The Morgan fingerprint density at radius 2 is 1.78 bits per heavy atom. The molecule has 0 amide bonds. The van der Waals surface area contributed by atoms with Gasteiger partial charge in [0.2, 0.25) is 0 Å². The number of hydrogen-bond donors (Lipinski definition) is 1. The van der Waals surface area contributed by atoms with Crippen molar-refractivity contribution in [3.8, 4) is 5.75 Å². The van der Waals surface area contributed by atoms with E-state index in [-0.39, 0.29) is 9.72 Å². The van der Waals surface area contributed by atoms with Crippen LogP contribution >= 0.6 is 0 Å². The first-order valence-electron chi connectivity index (χ1n) is 5.73. The van der Waals surface area contributed by atoms with Crippen LogP contribution in [-0.4, -0.2) is 24.6 Å². The summed E-state index contributed by atoms with van der Waals surface area (Å²) in [6.45, 7) is 0. The van der Waals surface area contributed by atoms with Gasteiger partial charge in [0.1, 0.15) is 0 Å². The molecule has 90 valence electrons. The van der Waals surface area contributed by atoms with E-state index in [2.05, 4.69) is 0 Å². The van der Waals surface area contributed by atoms with Crippen LogP contribution in [0.3, 0.4) is 0 Å². The molecule has 3 heteroatoms. The number of rotatable bonds is 1. The van der Waals surface area contributed by atoms with Crippen molar-refractivity contribution in [3.05, 3.63) is 65.7 Å². The molecule has 2 aromatic rings. The maximum absolute atomic E-state index is 12.7. The molecule has 2 nitrogen and oxygen atoms in total. The van der Waals surface area contributed by atoms with Gasteiger partial charge in [-0.2, -0.15) is 0 Å². The van der Waals surface area contributed by atoms with E-state index in [0.29, 0.717) is 0 Å². The molecule has 2 aromatic carbocycles. The summed E-state index contributed by atoms with van der Waals surface area (Å²) in [7, 11) is 0. The average molecular weight is 352 g/mol. The molecule has 0 bridgehead atoms. The first kappa shape index (κ1) is 11.6. The zero-order valence-corrected chi connectivity index (χ0v) is 11.9. The summed E-state index contributed by atoms with van der Waals surface area (Å²) < 4.78 is 13.5. The van der Waals surface area contributed by atoms with Crippen molar-refractivity contribution in [2.45, 2.75) is 3.97 Å². The quantitative estimate of drug-likeness (QED) is 0.801. The van der Waals surface area contributed by atoms with Crippen molar-refractivity contribution in [2.24, 2.45) is 0 Å². The van der Waals surface area contributed by atoms with Gasteiger partial charge in [0, 0.05) is 0 Å². The van der Waals surface area contributed by atoms with Gasteiger partial charge in [0.15, 0.2) is 0 Å². The molecule has 3 rings (SSSR count). The van der Waals surface area contributed by atoms with Crippen molar-refractivity contribution >= 4 is 29.2 Å². The zero-order valence-electron chi connectivity index (χ0n) is 9.61. The van der Waals surface area contributed by atoms with Crippen molar-refractivity contribution in [3.63, 3.8) is 0 Å². The summed E-state index contributed by atoms with van der Waals surface area (Å²) in [5.74, 6) is 0.219. The van der Waals surface area contributed by atoms with Gasteiger partial charge in [0.05, 0.1) is 0 Å². The summed E-state index contributed by atoms with van der Waals surface area (Å²) in [4.78, 5) is 0. The van der Waals surface area contributed by atoms with Crippen molar-refractivity contribution in [1.82, 2.24) is 0 Å². The molecular formula is C15H12O2Te. The Morgan fingerprint density at radius 3 is 2.56 bits per heavy atom. The van der Waals surface area contributed by atoms with Gasteiger partial charge in [-0.25, -0.2) is 0 Å². The van der Waals surface area contributed by atoms with Crippen LogP contribution in [-0.2, 0) is 3.10 Å². The summed E-state index contributed by atoms with van der Waals surface area (Å²) in [6, 6.07) is 15.2. The van der Waals surface area contributed by atoms with Crippen LogP contribution < -0.4 is 3.61 Å². The van der Waals surface area contributed by atoms with Crippen LogP contribution in [0, 0.1) is 0 Å². The third-order valence-electron chi connectivity index (χ3n) is 3.06. The van der Waals surface area contributed by atoms with E-state index in [9.17, 15) is 8.21 Å². The average Bonchev–Trinajstić information content (AvgIpc) is 2.41. The van der Waals surface area contributed by atoms with E-state index in [4.69, 9.17) is 0 Å². The Bertz CT molecular complexity index is 632. The van der Waals surface area contributed by atoms with Crippen LogP contribution in [0.1, 0.15) is 15.1 Å². The van der Waals surface area contributed by atoms with E-state index in [1.807, 2.05) is 48.6 Å². The molecule has 0 saturated carbocycles. The van der Waals surface area contributed by atoms with Crippen LogP contribution in [0.15, 0.2) is 54.6 Å². The van der Waals surface area contributed by atoms with Crippen molar-refractivity contribution in [1.29, 1.82) is 0 Å². The molecule has 1 aliphatic heterocycles. The van der Waals surface area contributed by atoms with Gasteiger partial charge in [-0.15, -0.1) is 0 Å². The summed E-state index contributed by atoms with van der Waals surface area (Å²) in [5.41, 5.74) is 1.82. The normalized spacial score (nSPS) is 18.6. The molecule has 0 aliphatic carbocycles. The molecule has 18 heavy (non-hydrogen) atoms. The van der Waals surface area contributed by atoms with E-state index in [0.717, 1.165) is 14.7 Å². The molecular weight excluding hydrogens is 340 g/mol. The van der Waals surface area contributed by atoms with E-state index < -0.39 is 19.5 Å². The molecule has 1 unspecified atom stereocenters. The number of benzene rings is 2. The molecule has 0 saturated heterocycles. The van der Waals surface area contributed by atoms with Crippen molar-refractivity contribution in [2.75, 3.05) is 0 Å². The van der Waals surface area contributed by atoms with Gasteiger partial charge in [-0.1, -0.05) is 0 Å². The molecule has 0 spiro atoms. The molecule has 1 aliphatic rings. The van der Waals surface area contributed by atoms with Crippen LogP contribution in [0.2, 0.25) is 0 Å². The molecule has 0 fully saturated rings. The number of hydrogen-bond acceptors (Lipinski definition) is 2. The second-order valence-electron chi connectivity index (χ2n) is 4.18. The van der Waals surface area contributed by atoms with E-state index >= 15 is 0 Å². The standard InChI is InChI=1S/C15H12O2Te/c16-13-7-4-8-15-12(13)9-10-14(18(15)17)11-5-2-1-3-6-11/h1-10,14,16H. The fourth-order valence-electron chi connectivity index (χ4n) is 2.14. The molecule has 0 aromatic heterocycles. The minimum atomic E-state index is -2.69. The summed E-state index contributed by atoms with van der Waals surface area (Å²) in [6.07, 6.45) is 3.85. The Labute approximate surface area is 113 Å². The number of phenolic OH excluding ortho intramolecular Hbond substituents is 1. The second kappa shape index (κ2) is 4.68. The van der Waals surface area contributed by atoms with Gasteiger partial charge in [0.25, 0.3) is 0 Å². The first-order valence-corrected chi connectivity index (χ1v) is 9.19. The topological polar surface area (TPSA) is 37.3 Å². The van der Waals surface area contributed by atoms with E-state index in [1.54, 1.807) is 12.1 Å². The van der Waals surface area contributed by atoms with E-state index in [1.165, 1.54) is 0 Å². The monoisotopic (exact) mass is 354 g/mol. The Morgan fingerprint density at radius 1 is 1.00 bits per heavy atom. The molecule has 1 atom stereocenters. The Hall–Kier alpha value is -1.43. The molecule has 1 heterocycles. The Kier molecular flexibility index (Phi) is 3.03. The third-order valence-corrected chi connectivity index (χ3v) is 7.85. The summed E-state index contributed by atoms with van der Waals surface area (Å²) in [5, 5.41) is 9.77. The SMILES string of the molecule is O=[Te]1c2cccc(O)c2C=CC1c1ccccc1. The number of fused-ring (bicyclic) bond motifs is 1. The van der Waals surface area contributed by atoms with Crippen molar-refractivity contribution < 1.29 is 8.21 Å². The van der Waals surface area contributed by atoms with Crippen LogP contribution in [0.25, 0.3) is 6.08 Å². The maximum atomic E-state index is 12.7. The van der Waals surface area contributed by atoms with Gasteiger partial charge in [-0.3, -0.25) is 0 Å². The van der Waals surface area contributed by atoms with Gasteiger partial charge in [-0.05, 0) is 0 Å². The number of phenols is 1. The molecule has 0 radical (unpaired) electrons. The van der Waals surface area contributed by atoms with Gasteiger partial charge < -0.3 is 0 Å². The predicted octanol–water partition coefficient (Wildman–Crippen LogP) is 2.37. The third kappa shape index (κ3) is 1.90. The zero-order chi connectivity index (χ0) is 12.5. The fourth-order valence-corrected chi connectivity index (χ4v) is 6.43. The van der Waals surface area contributed by atoms with Crippen LogP contribution in [0.4, 0.5) is 0 Å². The second-order valence-corrected chi connectivity index (χ2v) is 8.58. The minimum absolute atomic E-state index is 0.00380. The predicted molar refractivity (Wildman–Crippen MR) is 72.4 cm³/mol. The molecule has 1 N–H and O–H groups in total. The fraction of sp³-hybridized carbons (Fsp3) is 0.0667.